The largest absolute Gasteiger partial charge is 0.350 e. The summed E-state index contributed by atoms with van der Waals surface area (Å²) in [6.07, 6.45) is 4.25. The molecular formula is C31H33N3O2S. The predicted octanol–water partition coefficient (Wildman–Crippen LogP) is 5.89. The molecule has 3 aromatic rings. The number of nitrogens with one attached hydrogen (secondary N) is 1. The molecule has 0 aromatic heterocycles. The van der Waals surface area contributed by atoms with E-state index in [-0.39, 0.29) is 11.8 Å². The Hall–Kier alpha value is -3.35. The highest BCUT2D eigenvalue weighted by molar-refractivity contribution is 8.04. The first-order valence-electron chi connectivity index (χ1n) is 13.0. The molecule has 0 radical (unpaired) electrons. The van der Waals surface area contributed by atoms with Crippen molar-refractivity contribution in [2.24, 2.45) is 0 Å². The van der Waals surface area contributed by atoms with Crippen LogP contribution in [0.5, 0.6) is 0 Å². The van der Waals surface area contributed by atoms with E-state index in [1.807, 2.05) is 59.5 Å². The first-order chi connectivity index (χ1) is 18.0. The fraction of sp³-hybridized carbons (Fsp3) is 0.290. The van der Waals surface area contributed by atoms with Gasteiger partial charge in [-0.3, -0.25) is 14.5 Å². The topological polar surface area (TPSA) is 52.7 Å². The van der Waals surface area contributed by atoms with E-state index in [1.165, 1.54) is 23.7 Å². The predicted molar refractivity (Wildman–Crippen MR) is 152 cm³/mol. The van der Waals surface area contributed by atoms with Crippen LogP contribution in [0.1, 0.15) is 46.8 Å². The number of likely N-dealkylation sites (tertiary alicyclic amines) is 1. The van der Waals surface area contributed by atoms with Gasteiger partial charge in [0.25, 0.3) is 11.8 Å². The molecule has 1 N–H and O–H groups in total. The second kappa shape index (κ2) is 11.4. The molecule has 2 heterocycles. The van der Waals surface area contributed by atoms with E-state index in [0.29, 0.717) is 29.6 Å². The third kappa shape index (κ3) is 5.81. The Morgan fingerprint density at radius 2 is 1.89 bits per heavy atom. The second-order valence-corrected chi connectivity index (χ2v) is 10.8. The van der Waals surface area contributed by atoms with Crippen LogP contribution in [-0.4, -0.2) is 42.4 Å². The molecule has 1 atom stereocenters. The van der Waals surface area contributed by atoms with E-state index in [9.17, 15) is 9.59 Å². The standard InChI is InChI=1S/C31H33N3O2S/c1-3-33-17-7-10-26(33)20-32-30(35)25-15-13-23(14-16-25)19-29-31(36)34(21-24-9-6-8-22(2)18-24)27-11-4-5-12-28(27)37-29/h4-6,8-9,11-16,18-19,26H,3,7,10,17,20-21H2,1-2H3,(H,32,35)/b29-19+/t26-/m1/s1. The SMILES string of the molecule is CCN1CCC[C@@H]1CNC(=O)c1ccc(/C=C2/Sc3ccccc3N(Cc3cccc(C)c3)C2=O)cc1. The van der Waals surface area contributed by atoms with Crippen molar-refractivity contribution in [3.05, 3.63) is 100.0 Å². The summed E-state index contributed by atoms with van der Waals surface area (Å²) in [6, 6.07) is 24.2. The summed E-state index contributed by atoms with van der Waals surface area (Å²) in [7, 11) is 0. The van der Waals surface area contributed by atoms with Gasteiger partial charge in [-0.05, 0) is 74.3 Å². The number of amides is 2. The van der Waals surface area contributed by atoms with Crippen molar-refractivity contribution in [2.45, 2.75) is 44.2 Å². The smallest absolute Gasteiger partial charge is 0.265 e. The van der Waals surface area contributed by atoms with Crippen molar-refractivity contribution in [3.63, 3.8) is 0 Å². The van der Waals surface area contributed by atoms with Gasteiger partial charge in [-0.1, -0.05) is 72.8 Å². The molecule has 0 bridgehead atoms. The normalized spacial score (nSPS) is 18.8. The van der Waals surface area contributed by atoms with E-state index < -0.39 is 0 Å². The maximum Gasteiger partial charge on any atom is 0.265 e. The van der Waals surface area contributed by atoms with Gasteiger partial charge in [-0.25, -0.2) is 0 Å². The molecular weight excluding hydrogens is 478 g/mol. The Balaban J connectivity index is 1.31. The van der Waals surface area contributed by atoms with Gasteiger partial charge in [0.2, 0.25) is 0 Å². The number of benzene rings is 3. The van der Waals surface area contributed by atoms with Crippen molar-refractivity contribution < 1.29 is 9.59 Å². The van der Waals surface area contributed by atoms with Crippen LogP contribution >= 0.6 is 11.8 Å². The van der Waals surface area contributed by atoms with Gasteiger partial charge in [0.15, 0.2) is 0 Å². The molecule has 5 nitrogen and oxygen atoms in total. The van der Waals surface area contributed by atoms with Crippen molar-refractivity contribution in [2.75, 3.05) is 24.5 Å². The van der Waals surface area contributed by atoms with Gasteiger partial charge in [-0.15, -0.1) is 0 Å². The van der Waals surface area contributed by atoms with Crippen LogP contribution in [0.3, 0.4) is 0 Å². The monoisotopic (exact) mass is 511 g/mol. The zero-order chi connectivity index (χ0) is 25.8. The van der Waals surface area contributed by atoms with E-state index in [4.69, 9.17) is 0 Å². The number of carbonyl (C=O) groups excluding carboxylic acids is 2. The molecule has 2 amide bonds. The van der Waals surface area contributed by atoms with Crippen molar-refractivity contribution >= 4 is 35.3 Å². The van der Waals surface area contributed by atoms with Crippen molar-refractivity contribution in [1.82, 2.24) is 10.2 Å². The average molecular weight is 512 g/mol. The first kappa shape index (κ1) is 25.3. The molecule has 37 heavy (non-hydrogen) atoms. The van der Waals surface area contributed by atoms with E-state index in [1.54, 1.807) is 0 Å². The number of anilines is 1. The van der Waals surface area contributed by atoms with Crippen LogP contribution in [0.15, 0.2) is 82.6 Å². The van der Waals surface area contributed by atoms with Crippen molar-refractivity contribution in [1.29, 1.82) is 0 Å². The Morgan fingerprint density at radius 1 is 1.08 bits per heavy atom. The van der Waals surface area contributed by atoms with Crippen LogP contribution in [0.25, 0.3) is 6.08 Å². The summed E-state index contributed by atoms with van der Waals surface area (Å²) in [5, 5.41) is 3.10. The van der Waals surface area contributed by atoms with E-state index >= 15 is 0 Å². The third-order valence-corrected chi connectivity index (χ3v) is 8.21. The number of hydrogen-bond acceptors (Lipinski definition) is 4. The van der Waals surface area contributed by atoms with Crippen LogP contribution in [-0.2, 0) is 11.3 Å². The van der Waals surface area contributed by atoms with E-state index in [2.05, 4.69) is 48.3 Å². The molecule has 0 unspecified atom stereocenters. The highest BCUT2D eigenvalue weighted by Crippen LogP contribution is 2.42. The quantitative estimate of drug-likeness (QED) is 0.402. The lowest BCUT2D eigenvalue weighted by molar-refractivity contribution is -0.114. The lowest BCUT2D eigenvalue weighted by Crippen LogP contribution is -2.40. The van der Waals surface area contributed by atoms with Gasteiger partial charge in [-0.2, -0.15) is 0 Å². The van der Waals surface area contributed by atoms with Crippen LogP contribution < -0.4 is 10.2 Å². The number of thioether (sulfide) groups is 1. The molecule has 1 fully saturated rings. The van der Waals surface area contributed by atoms with Crippen LogP contribution in [0.2, 0.25) is 0 Å². The maximum atomic E-state index is 13.6. The van der Waals surface area contributed by atoms with Gasteiger partial charge in [0, 0.05) is 23.0 Å². The number of aryl methyl sites for hydroxylation is 1. The highest BCUT2D eigenvalue weighted by Gasteiger charge is 2.29. The minimum atomic E-state index is -0.0523. The minimum absolute atomic E-state index is 0.0101. The maximum absolute atomic E-state index is 13.6. The molecule has 0 saturated carbocycles. The minimum Gasteiger partial charge on any atom is -0.350 e. The Kier molecular flexibility index (Phi) is 7.77. The molecule has 2 aliphatic heterocycles. The Bertz CT molecular complexity index is 1320. The van der Waals surface area contributed by atoms with Gasteiger partial charge in [0.05, 0.1) is 17.1 Å². The number of fused-ring (bicyclic) bond motifs is 1. The molecule has 5 rings (SSSR count). The molecule has 6 heteroatoms. The summed E-state index contributed by atoms with van der Waals surface area (Å²) in [6.45, 7) is 7.57. The molecule has 0 aliphatic carbocycles. The zero-order valence-electron chi connectivity index (χ0n) is 21.4. The zero-order valence-corrected chi connectivity index (χ0v) is 22.3. The molecule has 190 valence electrons. The molecule has 1 saturated heterocycles. The Morgan fingerprint density at radius 3 is 2.68 bits per heavy atom. The lowest BCUT2D eigenvalue weighted by Gasteiger charge is -2.30. The summed E-state index contributed by atoms with van der Waals surface area (Å²) < 4.78 is 0. The first-order valence-corrected chi connectivity index (χ1v) is 13.8. The summed E-state index contributed by atoms with van der Waals surface area (Å²) >= 11 is 1.50. The number of rotatable bonds is 7. The number of carbonyl (C=O) groups is 2. The number of nitrogens with zero attached hydrogens (tertiary/aromatic N) is 2. The molecule has 3 aromatic carbocycles. The average Bonchev–Trinajstić information content (AvgIpc) is 3.38. The Labute approximate surface area is 223 Å². The van der Waals surface area contributed by atoms with E-state index in [0.717, 1.165) is 41.2 Å². The molecule has 2 aliphatic rings. The summed E-state index contributed by atoms with van der Waals surface area (Å²) in [4.78, 5) is 32.3. The fourth-order valence-corrected chi connectivity index (χ4v) is 6.21. The number of hydrogen-bond donors (Lipinski definition) is 1. The van der Waals surface area contributed by atoms with Crippen molar-refractivity contribution in [3.8, 4) is 0 Å². The molecule has 0 spiro atoms. The third-order valence-electron chi connectivity index (χ3n) is 7.13. The lowest BCUT2D eigenvalue weighted by atomic mass is 10.1. The number of likely N-dealkylation sites (N-methyl/N-ethyl adjacent to an activating group) is 1. The van der Waals surface area contributed by atoms with Crippen LogP contribution in [0, 0.1) is 6.92 Å². The highest BCUT2D eigenvalue weighted by atomic mass is 32.2. The summed E-state index contributed by atoms with van der Waals surface area (Å²) in [5.74, 6) is -0.0624. The second-order valence-electron chi connectivity index (χ2n) is 9.72. The van der Waals surface area contributed by atoms with Crippen LogP contribution in [0.4, 0.5) is 5.69 Å². The van der Waals surface area contributed by atoms with Gasteiger partial charge in [0.1, 0.15) is 0 Å². The fourth-order valence-electron chi connectivity index (χ4n) is 5.15. The van der Waals surface area contributed by atoms with Gasteiger partial charge < -0.3 is 10.2 Å². The summed E-state index contributed by atoms with van der Waals surface area (Å²) in [5.41, 5.74) is 4.75. The van der Waals surface area contributed by atoms with Gasteiger partial charge >= 0.3 is 0 Å². The number of para-hydroxylation sites is 1.